The van der Waals surface area contributed by atoms with E-state index in [2.05, 4.69) is 21.3 Å². The highest BCUT2D eigenvalue weighted by atomic mass is 16.5. The van der Waals surface area contributed by atoms with Gasteiger partial charge in [0.1, 0.15) is 5.82 Å². The lowest BCUT2D eigenvalue weighted by Gasteiger charge is -2.19. The topological polar surface area (TPSA) is 99.1 Å². The van der Waals surface area contributed by atoms with Crippen LogP contribution in [-0.2, 0) is 0 Å². The highest BCUT2D eigenvalue weighted by Crippen LogP contribution is 2.18. The van der Waals surface area contributed by atoms with Crippen molar-refractivity contribution in [3.05, 3.63) is 6.07 Å². The normalized spacial score (nSPS) is 10.5. The van der Waals surface area contributed by atoms with E-state index in [9.17, 15) is 0 Å². The van der Waals surface area contributed by atoms with Gasteiger partial charge in [0, 0.05) is 6.07 Å². The van der Waals surface area contributed by atoms with Crippen molar-refractivity contribution >= 4 is 11.8 Å². The molecule has 0 saturated carbocycles. The van der Waals surface area contributed by atoms with Crippen LogP contribution in [0.3, 0.4) is 0 Å². The van der Waals surface area contributed by atoms with Gasteiger partial charge >= 0.3 is 0 Å². The number of aromatic nitrogens is 2. The Balaban J connectivity index is 2.96. The number of ether oxygens (including phenoxy) is 1. The number of nitrogens with two attached hydrogens (primary N) is 2. The van der Waals surface area contributed by atoms with E-state index < -0.39 is 5.60 Å². The molecule has 15 heavy (non-hydrogen) atoms. The van der Waals surface area contributed by atoms with Gasteiger partial charge in [-0.1, -0.05) is 5.92 Å². The zero-order valence-corrected chi connectivity index (χ0v) is 8.61. The number of nitrogens with zero attached hydrogens (tertiary/aromatic N) is 2. The standard InChI is InChI=1S/C9H13N5O/c1-4-9(2,3)15-7-5-6(14-11)12-8(10)13-7/h1,5H,11H2,2-3H3,(H3,10,12,13,14). The molecule has 0 spiro atoms. The van der Waals surface area contributed by atoms with E-state index >= 15 is 0 Å². The Morgan fingerprint density at radius 1 is 1.53 bits per heavy atom. The molecule has 6 nitrogen and oxygen atoms in total. The lowest BCUT2D eigenvalue weighted by molar-refractivity contribution is 0.165. The van der Waals surface area contributed by atoms with Crippen LogP contribution in [0, 0.1) is 12.3 Å². The number of rotatable bonds is 3. The molecule has 0 aromatic carbocycles. The molecule has 0 amide bonds. The van der Waals surface area contributed by atoms with Crippen LogP contribution < -0.4 is 21.7 Å². The van der Waals surface area contributed by atoms with Gasteiger partial charge in [0.25, 0.3) is 0 Å². The minimum Gasteiger partial charge on any atom is -0.458 e. The zero-order valence-electron chi connectivity index (χ0n) is 8.61. The van der Waals surface area contributed by atoms with Crippen molar-refractivity contribution in [3.8, 4) is 18.2 Å². The van der Waals surface area contributed by atoms with E-state index in [1.807, 2.05) is 0 Å². The molecule has 0 saturated heterocycles. The summed E-state index contributed by atoms with van der Waals surface area (Å²) in [5, 5.41) is 0. The van der Waals surface area contributed by atoms with Crippen LogP contribution in [0.2, 0.25) is 0 Å². The van der Waals surface area contributed by atoms with Gasteiger partial charge in [-0.2, -0.15) is 9.97 Å². The molecule has 0 bridgehead atoms. The molecule has 0 fully saturated rings. The third kappa shape index (κ3) is 3.00. The van der Waals surface area contributed by atoms with Crippen molar-refractivity contribution in [1.29, 1.82) is 0 Å². The van der Waals surface area contributed by atoms with Crippen LogP contribution in [0.15, 0.2) is 6.07 Å². The third-order valence-electron chi connectivity index (χ3n) is 1.58. The van der Waals surface area contributed by atoms with Gasteiger partial charge in [-0.25, -0.2) is 5.84 Å². The highest BCUT2D eigenvalue weighted by molar-refractivity contribution is 5.41. The second kappa shape index (κ2) is 4.02. The van der Waals surface area contributed by atoms with Crippen molar-refractivity contribution in [3.63, 3.8) is 0 Å². The summed E-state index contributed by atoms with van der Waals surface area (Å²) in [6.45, 7) is 3.47. The molecular formula is C9H13N5O. The van der Waals surface area contributed by atoms with Crippen molar-refractivity contribution in [2.24, 2.45) is 5.84 Å². The number of hydrogen-bond acceptors (Lipinski definition) is 6. The predicted molar refractivity (Wildman–Crippen MR) is 57.8 cm³/mol. The largest absolute Gasteiger partial charge is 0.458 e. The molecule has 1 heterocycles. The fraction of sp³-hybridized carbons (Fsp3) is 0.333. The zero-order chi connectivity index (χ0) is 11.5. The number of anilines is 2. The van der Waals surface area contributed by atoms with Crippen molar-refractivity contribution < 1.29 is 4.74 Å². The molecular weight excluding hydrogens is 194 g/mol. The predicted octanol–water partition coefficient (Wildman–Crippen LogP) is 0.135. The van der Waals surface area contributed by atoms with Crippen LogP contribution in [0.25, 0.3) is 0 Å². The van der Waals surface area contributed by atoms with E-state index in [0.717, 1.165) is 0 Å². The molecule has 1 aromatic rings. The summed E-state index contributed by atoms with van der Waals surface area (Å²) in [5.74, 6) is 8.37. The molecule has 0 radical (unpaired) electrons. The van der Waals surface area contributed by atoms with Gasteiger partial charge < -0.3 is 15.9 Å². The Kier molecular flexibility index (Phi) is 2.97. The fourth-order valence-corrected chi connectivity index (χ4v) is 0.860. The number of hydrogen-bond donors (Lipinski definition) is 3. The Labute approximate surface area is 88.0 Å². The maximum absolute atomic E-state index is 5.45. The molecule has 1 aromatic heterocycles. The molecule has 0 atom stereocenters. The Bertz CT molecular complexity index is 396. The minimum atomic E-state index is -0.757. The smallest absolute Gasteiger partial charge is 0.225 e. The van der Waals surface area contributed by atoms with Crippen molar-refractivity contribution in [2.75, 3.05) is 11.2 Å². The molecule has 5 N–H and O–H groups in total. The van der Waals surface area contributed by atoms with Crippen LogP contribution in [-0.4, -0.2) is 15.6 Å². The summed E-state index contributed by atoms with van der Waals surface area (Å²) in [4.78, 5) is 7.68. The second-order valence-electron chi connectivity index (χ2n) is 3.35. The second-order valence-corrected chi connectivity index (χ2v) is 3.35. The summed E-state index contributed by atoms with van der Waals surface area (Å²) in [5.41, 5.74) is 7.04. The molecule has 0 unspecified atom stereocenters. The monoisotopic (exact) mass is 207 g/mol. The number of nitrogen functional groups attached to an aromatic ring is 2. The molecule has 6 heteroatoms. The summed E-state index contributed by atoms with van der Waals surface area (Å²) in [6.07, 6.45) is 5.27. The average molecular weight is 207 g/mol. The van der Waals surface area contributed by atoms with E-state index in [-0.39, 0.29) is 11.8 Å². The Morgan fingerprint density at radius 3 is 2.73 bits per heavy atom. The van der Waals surface area contributed by atoms with E-state index in [4.69, 9.17) is 22.7 Å². The maximum Gasteiger partial charge on any atom is 0.225 e. The molecule has 80 valence electrons. The first-order valence-electron chi connectivity index (χ1n) is 4.25. The summed E-state index contributed by atoms with van der Waals surface area (Å²) < 4.78 is 5.41. The number of terminal acetylenes is 1. The van der Waals surface area contributed by atoms with Gasteiger partial charge in [-0.15, -0.1) is 6.42 Å². The van der Waals surface area contributed by atoms with E-state index in [0.29, 0.717) is 5.82 Å². The third-order valence-corrected chi connectivity index (χ3v) is 1.58. The Morgan fingerprint density at radius 2 is 2.20 bits per heavy atom. The van der Waals surface area contributed by atoms with Crippen LogP contribution in [0.1, 0.15) is 13.8 Å². The summed E-state index contributed by atoms with van der Waals surface area (Å²) in [7, 11) is 0. The first-order chi connectivity index (χ1) is 6.96. The lowest BCUT2D eigenvalue weighted by atomic mass is 10.1. The van der Waals surface area contributed by atoms with Gasteiger partial charge in [0.05, 0.1) is 0 Å². The van der Waals surface area contributed by atoms with Crippen LogP contribution >= 0.6 is 0 Å². The average Bonchev–Trinajstić information content (AvgIpc) is 2.16. The highest BCUT2D eigenvalue weighted by Gasteiger charge is 2.17. The van der Waals surface area contributed by atoms with E-state index in [1.54, 1.807) is 13.8 Å². The molecule has 0 aliphatic carbocycles. The lowest BCUT2D eigenvalue weighted by Crippen LogP contribution is -2.26. The van der Waals surface area contributed by atoms with Crippen molar-refractivity contribution in [2.45, 2.75) is 19.4 Å². The SMILES string of the molecule is C#CC(C)(C)Oc1cc(NN)nc(N)n1. The van der Waals surface area contributed by atoms with Crippen molar-refractivity contribution in [1.82, 2.24) is 9.97 Å². The summed E-state index contributed by atoms with van der Waals surface area (Å²) in [6, 6.07) is 1.51. The van der Waals surface area contributed by atoms with Gasteiger partial charge in [0.2, 0.25) is 11.8 Å². The first-order valence-corrected chi connectivity index (χ1v) is 4.25. The Hall–Kier alpha value is -2.00. The molecule has 1 rings (SSSR count). The minimum absolute atomic E-state index is 0.0632. The van der Waals surface area contributed by atoms with Gasteiger partial charge in [0.15, 0.2) is 5.60 Å². The quantitative estimate of drug-likeness (QED) is 0.370. The first kappa shape index (κ1) is 11.1. The molecule has 0 aliphatic heterocycles. The summed E-state index contributed by atoms with van der Waals surface area (Å²) >= 11 is 0. The maximum atomic E-state index is 5.45. The van der Waals surface area contributed by atoms with E-state index in [1.165, 1.54) is 6.07 Å². The molecule has 0 aliphatic rings. The van der Waals surface area contributed by atoms with Gasteiger partial charge in [-0.05, 0) is 13.8 Å². The number of hydrazine groups is 1. The fourth-order valence-electron chi connectivity index (χ4n) is 0.860. The van der Waals surface area contributed by atoms with Crippen LogP contribution in [0.4, 0.5) is 11.8 Å². The van der Waals surface area contributed by atoms with Crippen LogP contribution in [0.5, 0.6) is 5.88 Å². The number of nitrogens with one attached hydrogen (secondary N) is 1. The van der Waals surface area contributed by atoms with Gasteiger partial charge in [-0.3, -0.25) is 0 Å².